The second-order valence-electron chi connectivity index (χ2n) is 19.5. The van der Waals surface area contributed by atoms with Crippen LogP contribution >= 0.6 is 11.3 Å². The van der Waals surface area contributed by atoms with Crippen LogP contribution < -0.4 is 20.1 Å². The summed E-state index contributed by atoms with van der Waals surface area (Å²) in [5.74, 6) is -1.84. The average Bonchev–Trinajstić information content (AvgIpc) is 3.69. The average molecular weight is 892 g/mol. The van der Waals surface area contributed by atoms with Crippen molar-refractivity contribution in [1.82, 2.24) is 34.8 Å². The number of nitrogens with one attached hydrogen (secondary N) is 3. The topological polar surface area (TPSA) is 191 Å². The Hall–Kier alpha value is -4.51. The highest BCUT2D eigenvalue weighted by molar-refractivity contribution is 7.91. The Morgan fingerprint density at radius 2 is 1.77 bits per heavy atom. The van der Waals surface area contributed by atoms with Crippen molar-refractivity contribution < 1.29 is 37.1 Å². The standard InChI is InChI=1S/C45H61N7O8S2/c1-27(2)52-34-20-14-18-31(38-46-33(26-61-38)28-15-12-13-16-28)36(34)48-41(52)59-30-23-35-37(53)49-45(40(55)50-62(57,58)44(6)21-22-44)24-29(45)17-10-8-7-9-11-19-32(39(54)51(35)25-30)47-42(56)60-43(3,4)5/h10,14,17-18,20,26-30,32,35H,7-9,11-13,15-16,19,21-25H2,1-6H3,(H,47,56)(H,49,53)(H,50,55). The molecule has 5 aliphatic rings. The fraction of sp³-hybridized carbons (Fsp3) is 0.644. The summed E-state index contributed by atoms with van der Waals surface area (Å²) in [6, 6.07) is 4.16. The molecular formula is C45H61N7O8S2. The number of aromatic nitrogens is 3. The highest BCUT2D eigenvalue weighted by Crippen LogP contribution is 2.48. The predicted octanol–water partition coefficient (Wildman–Crippen LogP) is 7.03. The number of hydrogen-bond donors (Lipinski definition) is 3. The Morgan fingerprint density at radius 1 is 1.03 bits per heavy atom. The van der Waals surface area contributed by atoms with E-state index >= 15 is 0 Å². The highest BCUT2D eigenvalue weighted by atomic mass is 32.2. The van der Waals surface area contributed by atoms with Crippen LogP contribution in [0.1, 0.15) is 143 Å². The Balaban J connectivity index is 1.11. The number of benzene rings is 1. The molecule has 0 bridgehead atoms. The lowest BCUT2D eigenvalue weighted by Gasteiger charge is -2.30. The molecule has 2 aliphatic heterocycles. The van der Waals surface area contributed by atoms with Gasteiger partial charge in [0.15, 0.2) is 0 Å². The van der Waals surface area contributed by atoms with Crippen molar-refractivity contribution in [2.24, 2.45) is 5.92 Å². The van der Waals surface area contributed by atoms with Gasteiger partial charge in [-0.3, -0.25) is 23.7 Å². The van der Waals surface area contributed by atoms with E-state index in [1.807, 2.05) is 48.8 Å². The number of rotatable bonds is 9. The summed E-state index contributed by atoms with van der Waals surface area (Å²) in [6.07, 6.45) is 11.5. The number of nitrogens with zero attached hydrogens (tertiary/aromatic N) is 4. The van der Waals surface area contributed by atoms with Crippen LogP contribution in [0.3, 0.4) is 0 Å². The summed E-state index contributed by atoms with van der Waals surface area (Å²) < 4.78 is 42.1. The van der Waals surface area contributed by atoms with Crippen molar-refractivity contribution in [3.05, 3.63) is 41.4 Å². The zero-order chi connectivity index (χ0) is 44.2. The molecule has 336 valence electrons. The number of hydrogen-bond acceptors (Lipinski definition) is 11. The van der Waals surface area contributed by atoms with E-state index in [2.05, 4.69) is 20.7 Å². The zero-order valence-corrected chi connectivity index (χ0v) is 38.3. The Kier molecular flexibility index (Phi) is 12.0. The van der Waals surface area contributed by atoms with Gasteiger partial charge >= 0.3 is 6.09 Å². The molecule has 8 rings (SSSR count). The molecule has 5 atom stereocenters. The number of ether oxygens (including phenoxy) is 2. The van der Waals surface area contributed by atoms with Crippen LogP contribution in [0.4, 0.5) is 4.79 Å². The maximum absolute atomic E-state index is 14.8. The smallest absolute Gasteiger partial charge is 0.408 e. The zero-order valence-electron chi connectivity index (χ0n) is 36.7. The summed E-state index contributed by atoms with van der Waals surface area (Å²) >= 11 is 1.61. The molecule has 2 aromatic heterocycles. The van der Waals surface area contributed by atoms with E-state index in [1.54, 1.807) is 39.0 Å². The predicted molar refractivity (Wildman–Crippen MR) is 236 cm³/mol. The molecule has 0 radical (unpaired) electrons. The molecule has 15 nitrogen and oxygen atoms in total. The van der Waals surface area contributed by atoms with Gasteiger partial charge in [0.25, 0.3) is 11.9 Å². The first-order valence-electron chi connectivity index (χ1n) is 22.4. The normalized spacial score (nSPS) is 26.9. The van der Waals surface area contributed by atoms with Gasteiger partial charge in [-0.1, -0.05) is 43.9 Å². The van der Waals surface area contributed by atoms with Crippen molar-refractivity contribution in [3.63, 3.8) is 0 Å². The van der Waals surface area contributed by atoms with E-state index in [0.29, 0.717) is 44.0 Å². The van der Waals surface area contributed by atoms with E-state index in [9.17, 15) is 27.6 Å². The maximum atomic E-state index is 14.8. The van der Waals surface area contributed by atoms with Gasteiger partial charge in [0.1, 0.15) is 39.9 Å². The SMILES string of the molecule is CC(C)n1c(OC2CC3C(=O)NC4(C(=O)NS(=O)(=O)C5(C)CC5)CC4C=CCCCCCC(NC(=O)OC(C)(C)C)C(=O)N3C2)nc2c(-c3nc(C4CCCC4)cs3)cccc21. The highest BCUT2D eigenvalue weighted by Gasteiger charge is 2.63. The minimum atomic E-state index is -4.00. The maximum Gasteiger partial charge on any atom is 0.408 e. The first-order valence-corrected chi connectivity index (χ1v) is 24.7. The number of allylic oxidation sites excluding steroid dienone is 1. The lowest BCUT2D eigenvalue weighted by atomic mass is 10.0. The van der Waals surface area contributed by atoms with Crippen LogP contribution in [-0.2, 0) is 29.1 Å². The summed E-state index contributed by atoms with van der Waals surface area (Å²) in [4.78, 5) is 68.2. The lowest BCUT2D eigenvalue weighted by Crippen LogP contribution is -2.58. The molecule has 3 saturated carbocycles. The van der Waals surface area contributed by atoms with Crippen LogP contribution in [0.2, 0.25) is 0 Å². The minimum absolute atomic E-state index is 0.00985. The van der Waals surface area contributed by atoms with Crippen molar-refractivity contribution >= 4 is 56.2 Å². The Morgan fingerprint density at radius 3 is 2.48 bits per heavy atom. The molecule has 17 heteroatoms. The fourth-order valence-electron chi connectivity index (χ4n) is 9.21. The number of fused-ring (bicyclic) bond motifs is 3. The summed E-state index contributed by atoms with van der Waals surface area (Å²) in [7, 11) is -4.00. The molecule has 1 saturated heterocycles. The van der Waals surface area contributed by atoms with E-state index in [-0.39, 0.29) is 25.4 Å². The van der Waals surface area contributed by atoms with Gasteiger partial charge in [-0.05, 0) is 105 Å². The number of amides is 4. The first kappa shape index (κ1) is 44.1. The summed E-state index contributed by atoms with van der Waals surface area (Å²) in [5.41, 5.74) is 1.30. The summed E-state index contributed by atoms with van der Waals surface area (Å²) in [5, 5.41) is 8.78. The van der Waals surface area contributed by atoms with E-state index in [1.165, 1.54) is 17.7 Å². The number of alkyl carbamates (subject to hydrolysis) is 1. The molecule has 3 N–H and O–H groups in total. The first-order chi connectivity index (χ1) is 29.4. The molecular weight excluding hydrogens is 831 g/mol. The van der Waals surface area contributed by atoms with Gasteiger partial charge in [0, 0.05) is 35.2 Å². The monoisotopic (exact) mass is 891 g/mol. The van der Waals surface area contributed by atoms with Crippen LogP contribution in [0.25, 0.3) is 21.6 Å². The number of imidazole rings is 1. The van der Waals surface area contributed by atoms with E-state index in [4.69, 9.17) is 19.4 Å². The second-order valence-corrected chi connectivity index (χ2v) is 22.5. The van der Waals surface area contributed by atoms with Gasteiger partial charge in [-0.25, -0.2) is 18.2 Å². The van der Waals surface area contributed by atoms with Crippen molar-refractivity contribution in [1.29, 1.82) is 0 Å². The van der Waals surface area contributed by atoms with Crippen LogP contribution in [0, 0.1) is 5.92 Å². The fourth-order valence-corrected chi connectivity index (χ4v) is 11.5. The van der Waals surface area contributed by atoms with E-state index < -0.39 is 73.8 Å². The van der Waals surface area contributed by atoms with Gasteiger partial charge < -0.3 is 25.0 Å². The third-order valence-electron chi connectivity index (χ3n) is 13.2. The molecule has 0 spiro atoms. The number of para-hydroxylation sites is 1. The van der Waals surface area contributed by atoms with Gasteiger partial charge in [0.2, 0.25) is 21.8 Å². The molecule has 62 heavy (non-hydrogen) atoms. The third-order valence-corrected chi connectivity index (χ3v) is 16.2. The lowest BCUT2D eigenvalue weighted by molar-refractivity contribution is -0.141. The van der Waals surface area contributed by atoms with Crippen molar-refractivity contribution in [3.8, 4) is 16.6 Å². The molecule has 3 aromatic rings. The van der Waals surface area contributed by atoms with Crippen LogP contribution in [-0.4, -0.2) is 92.3 Å². The largest absolute Gasteiger partial charge is 0.459 e. The van der Waals surface area contributed by atoms with Gasteiger partial charge in [-0.15, -0.1) is 11.3 Å². The van der Waals surface area contributed by atoms with Gasteiger partial charge in [-0.2, -0.15) is 4.98 Å². The number of thiazole rings is 1. The van der Waals surface area contributed by atoms with Crippen LogP contribution in [0.5, 0.6) is 6.01 Å². The molecule has 4 fully saturated rings. The Bertz CT molecular complexity index is 2360. The molecule has 4 heterocycles. The number of sulfonamides is 1. The van der Waals surface area contributed by atoms with Crippen molar-refractivity contribution in [2.45, 2.75) is 171 Å². The van der Waals surface area contributed by atoms with Crippen molar-refractivity contribution in [2.75, 3.05) is 6.54 Å². The number of carbonyl (C=O) groups is 4. The molecule has 4 amide bonds. The van der Waals surface area contributed by atoms with Gasteiger partial charge in [0.05, 0.1) is 22.5 Å². The Labute approximate surface area is 368 Å². The minimum Gasteiger partial charge on any atom is -0.459 e. The van der Waals surface area contributed by atoms with E-state index in [0.717, 1.165) is 53.0 Å². The second kappa shape index (κ2) is 16.9. The molecule has 1 aromatic carbocycles. The van der Waals surface area contributed by atoms with Crippen LogP contribution in [0.15, 0.2) is 35.7 Å². The third kappa shape index (κ3) is 8.97. The summed E-state index contributed by atoms with van der Waals surface area (Å²) in [6.45, 7) is 10.9. The quantitative estimate of drug-likeness (QED) is 0.188. The number of carbonyl (C=O) groups excluding carboxylic acids is 4. The molecule has 3 aliphatic carbocycles. The molecule has 5 unspecified atom stereocenters.